The molecule has 0 aliphatic carbocycles. The van der Waals surface area contributed by atoms with E-state index in [9.17, 15) is 17.8 Å². The first-order valence-corrected chi connectivity index (χ1v) is 6.40. The van der Waals surface area contributed by atoms with E-state index in [2.05, 4.69) is 0 Å². The highest BCUT2D eigenvalue weighted by Gasteiger charge is 2.24. The number of carbonyl (C=O) groups excluding carboxylic acids is 1. The average Bonchev–Trinajstić information content (AvgIpc) is 2.20. The Morgan fingerprint density at radius 2 is 1.88 bits per heavy atom. The van der Waals surface area contributed by atoms with Crippen molar-refractivity contribution in [3.8, 4) is 0 Å². The Bertz CT molecular complexity index is 464. The summed E-state index contributed by atoms with van der Waals surface area (Å²) >= 11 is 0. The average molecular weight is 260 g/mol. The van der Waals surface area contributed by atoms with E-state index in [1.807, 2.05) is 0 Å². The minimum absolute atomic E-state index is 0.250. The van der Waals surface area contributed by atoms with Crippen LogP contribution in [0.2, 0.25) is 0 Å². The molecule has 1 aromatic rings. The zero-order chi connectivity index (χ0) is 13.2. The second-order valence-electron chi connectivity index (χ2n) is 4.74. The van der Waals surface area contributed by atoms with E-state index < -0.39 is 27.8 Å². The van der Waals surface area contributed by atoms with Gasteiger partial charge in [0, 0.05) is 5.41 Å². The summed E-state index contributed by atoms with van der Waals surface area (Å²) in [5, 5.41) is 0. The predicted octanol–water partition coefficient (Wildman–Crippen LogP) is 2.69. The van der Waals surface area contributed by atoms with E-state index in [0.717, 1.165) is 18.2 Å². The fourth-order valence-corrected chi connectivity index (χ4v) is 2.42. The molecular formula is C12H14F2O2S. The van der Waals surface area contributed by atoms with Gasteiger partial charge in [-0.1, -0.05) is 20.8 Å². The fourth-order valence-electron chi connectivity index (χ4n) is 1.06. The van der Waals surface area contributed by atoms with E-state index in [1.54, 1.807) is 20.8 Å². The molecule has 0 bridgehead atoms. The summed E-state index contributed by atoms with van der Waals surface area (Å²) in [6.07, 6.45) is 0. The molecule has 0 fully saturated rings. The van der Waals surface area contributed by atoms with Crippen molar-refractivity contribution in [3.05, 3.63) is 29.8 Å². The first-order valence-electron chi connectivity index (χ1n) is 5.08. The Balaban J connectivity index is 2.91. The van der Waals surface area contributed by atoms with Crippen molar-refractivity contribution in [1.29, 1.82) is 0 Å². The minimum atomic E-state index is -1.85. The van der Waals surface area contributed by atoms with Crippen LogP contribution in [-0.4, -0.2) is 15.7 Å². The van der Waals surface area contributed by atoms with E-state index in [4.69, 9.17) is 0 Å². The second-order valence-corrected chi connectivity index (χ2v) is 6.16. The summed E-state index contributed by atoms with van der Waals surface area (Å²) in [5.74, 6) is -1.98. The standard InChI is InChI=1S/C12H14F2O2S/c1-12(2,3)11(15)7-17(16)10-6-8(13)4-5-9(10)14/h4-6H,7H2,1-3H3. The van der Waals surface area contributed by atoms with Crippen LogP contribution in [0.3, 0.4) is 0 Å². The molecule has 2 nitrogen and oxygen atoms in total. The normalized spacial score (nSPS) is 13.5. The number of carbonyl (C=O) groups is 1. The SMILES string of the molecule is CC(C)(C)C(=O)CS(=O)c1cc(F)ccc1F. The van der Waals surface area contributed by atoms with Gasteiger partial charge in [0.05, 0.1) is 21.4 Å². The third kappa shape index (κ3) is 3.70. The summed E-state index contributed by atoms with van der Waals surface area (Å²) in [6.45, 7) is 5.07. The smallest absolute Gasteiger partial charge is 0.151 e. The Morgan fingerprint density at radius 3 is 2.41 bits per heavy atom. The van der Waals surface area contributed by atoms with E-state index in [1.165, 1.54) is 0 Å². The number of Topliss-reactive ketones (excluding diaryl/α,β-unsaturated/α-hetero) is 1. The Morgan fingerprint density at radius 1 is 1.29 bits per heavy atom. The number of hydrogen-bond acceptors (Lipinski definition) is 2. The lowest BCUT2D eigenvalue weighted by Gasteiger charge is -2.16. The van der Waals surface area contributed by atoms with Crippen LogP contribution < -0.4 is 0 Å². The molecule has 1 aromatic carbocycles. The second kappa shape index (κ2) is 5.04. The molecular weight excluding hydrogens is 246 g/mol. The zero-order valence-electron chi connectivity index (χ0n) is 9.92. The van der Waals surface area contributed by atoms with Crippen LogP contribution in [0.5, 0.6) is 0 Å². The van der Waals surface area contributed by atoms with Gasteiger partial charge in [-0.15, -0.1) is 0 Å². The lowest BCUT2D eigenvalue weighted by Crippen LogP contribution is -2.26. The van der Waals surface area contributed by atoms with Gasteiger partial charge in [-0.05, 0) is 18.2 Å². The van der Waals surface area contributed by atoms with Gasteiger partial charge < -0.3 is 0 Å². The van der Waals surface area contributed by atoms with E-state index in [-0.39, 0.29) is 16.4 Å². The van der Waals surface area contributed by atoms with Gasteiger partial charge in [-0.3, -0.25) is 9.00 Å². The first-order chi connectivity index (χ1) is 7.71. The van der Waals surface area contributed by atoms with Crippen molar-refractivity contribution in [2.24, 2.45) is 5.41 Å². The molecule has 0 spiro atoms. The molecule has 1 unspecified atom stereocenters. The summed E-state index contributed by atoms with van der Waals surface area (Å²) in [7, 11) is -1.85. The van der Waals surface area contributed by atoms with Crippen molar-refractivity contribution < 1.29 is 17.8 Å². The van der Waals surface area contributed by atoms with Crippen molar-refractivity contribution in [2.45, 2.75) is 25.7 Å². The molecule has 0 aliphatic heterocycles. The number of benzene rings is 1. The van der Waals surface area contributed by atoms with Crippen molar-refractivity contribution in [2.75, 3.05) is 5.75 Å². The lowest BCUT2D eigenvalue weighted by atomic mass is 9.92. The highest BCUT2D eigenvalue weighted by molar-refractivity contribution is 7.85. The van der Waals surface area contributed by atoms with E-state index >= 15 is 0 Å². The van der Waals surface area contributed by atoms with Crippen molar-refractivity contribution in [1.82, 2.24) is 0 Å². The molecule has 0 amide bonds. The third-order valence-corrected chi connectivity index (χ3v) is 3.57. The Kier molecular flexibility index (Phi) is 4.14. The summed E-state index contributed by atoms with van der Waals surface area (Å²) in [5.41, 5.74) is -0.639. The number of halogens is 2. The van der Waals surface area contributed by atoms with Crippen molar-refractivity contribution in [3.63, 3.8) is 0 Å². The highest BCUT2D eigenvalue weighted by Crippen LogP contribution is 2.19. The van der Waals surface area contributed by atoms with Gasteiger partial charge in [0.15, 0.2) is 5.78 Å². The quantitative estimate of drug-likeness (QED) is 0.837. The third-order valence-electron chi connectivity index (χ3n) is 2.24. The molecule has 0 heterocycles. The predicted molar refractivity (Wildman–Crippen MR) is 62.1 cm³/mol. The number of hydrogen-bond donors (Lipinski definition) is 0. The maximum absolute atomic E-state index is 13.3. The molecule has 94 valence electrons. The molecule has 0 N–H and O–H groups in total. The van der Waals surface area contributed by atoms with Crippen LogP contribution >= 0.6 is 0 Å². The Hall–Kier alpha value is -1.10. The van der Waals surface area contributed by atoms with Crippen LogP contribution in [0.15, 0.2) is 23.1 Å². The molecule has 0 radical (unpaired) electrons. The number of rotatable bonds is 3. The molecule has 0 aromatic heterocycles. The van der Waals surface area contributed by atoms with Gasteiger partial charge in [-0.2, -0.15) is 0 Å². The summed E-state index contributed by atoms with van der Waals surface area (Å²) in [6, 6.07) is 2.72. The van der Waals surface area contributed by atoms with Crippen LogP contribution in [0, 0.1) is 17.0 Å². The largest absolute Gasteiger partial charge is 0.298 e. The van der Waals surface area contributed by atoms with Crippen LogP contribution in [0.4, 0.5) is 8.78 Å². The molecule has 1 rings (SSSR count). The van der Waals surface area contributed by atoms with Crippen LogP contribution in [-0.2, 0) is 15.6 Å². The Labute approximate surface area is 101 Å². The molecule has 0 saturated heterocycles. The minimum Gasteiger partial charge on any atom is -0.298 e. The maximum Gasteiger partial charge on any atom is 0.151 e. The fraction of sp³-hybridized carbons (Fsp3) is 0.417. The van der Waals surface area contributed by atoms with Crippen LogP contribution in [0.1, 0.15) is 20.8 Å². The lowest BCUT2D eigenvalue weighted by molar-refractivity contribution is -0.123. The monoisotopic (exact) mass is 260 g/mol. The first kappa shape index (κ1) is 14.0. The van der Waals surface area contributed by atoms with Gasteiger partial charge >= 0.3 is 0 Å². The molecule has 1 atom stereocenters. The van der Waals surface area contributed by atoms with Gasteiger partial charge in [0.1, 0.15) is 11.6 Å². The van der Waals surface area contributed by atoms with Gasteiger partial charge in [0.25, 0.3) is 0 Å². The summed E-state index contributed by atoms with van der Waals surface area (Å²) in [4.78, 5) is 11.4. The molecule has 0 aliphatic rings. The molecule has 5 heteroatoms. The van der Waals surface area contributed by atoms with Gasteiger partial charge in [-0.25, -0.2) is 8.78 Å². The molecule has 17 heavy (non-hydrogen) atoms. The van der Waals surface area contributed by atoms with Crippen molar-refractivity contribution >= 4 is 16.6 Å². The topological polar surface area (TPSA) is 34.1 Å². The highest BCUT2D eigenvalue weighted by atomic mass is 32.2. The van der Waals surface area contributed by atoms with E-state index in [0.29, 0.717) is 0 Å². The molecule has 0 saturated carbocycles. The maximum atomic E-state index is 13.3. The summed E-state index contributed by atoms with van der Waals surface area (Å²) < 4.78 is 37.9. The van der Waals surface area contributed by atoms with Gasteiger partial charge in [0.2, 0.25) is 0 Å². The van der Waals surface area contributed by atoms with Crippen LogP contribution in [0.25, 0.3) is 0 Å². The number of ketones is 1. The zero-order valence-corrected chi connectivity index (χ0v) is 10.7.